The van der Waals surface area contributed by atoms with Crippen LogP contribution in [0.3, 0.4) is 0 Å². The number of ether oxygens (including phenoxy) is 1. The minimum Gasteiger partial charge on any atom is -0.496 e. The molecule has 0 saturated heterocycles. The molecule has 0 aromatic heterocycles. The first-order valence-corrected chi connectivity index (χ1v) is 4.98. The van der Waals surface area contributed by atoms with Crippen LogP contribution in [-0.4, -0.2) is 7.11 Å². The second-order valence-corrected chi connectivity index (χ2v) is 3.27. The molecule has 68 valence electrons. The Morgan fingerprint density at radius 3 is 2.69 bits per heavy atom. The van der Waals surface area contributed by atoms with E-state index in [0.717, 1.165) is 22.2 Å². The Hall–Kier alpha value is -1.01. The highest BCUT2D eigenvalue weighted by atomic mass is 79.9. The van der Waals surface area contributed by atoms with E-state index in [4.69, 9.17) is 10.00 Å². The number of nitriles is 1. The normalized spacial score (nSPS) is 9.38. The SMILES string of the molecule is COc1cc(C#N)cc(CBr)c1C. The summed E-state index contributed by atoms with van der Waals surface area (Å²) in [4.78, 5) is 0. The van der Waals surface area contributed by atoms with Crippen LogP contribution in [0.25, 0.3) is 0 Å². The largest absolute Gasteiger partial charge is 0.496 e. The topological polar surface area (TPSA) is 33.0 Å². The summed E-state index contributed by atoms with van der Waals surface area (Å²) in [6.07, 6.45) is 0. The van der Waals surface area contributed by atoms with Crippen LogP contribution in [0.4, 0.5) is 0 Å². The van der Waals surface area contributed by atoms with Gasteiger partial charge in [-0.1, -0.05) is 15.9 Å². The van der Waals surface area contributed by atoms with Crippen molar-refractivity contribution in [1.29, 1.82) is 5.26 Å². The molecule has 0 unspecified atom stereocenters. The van der Waals surface area contributed by atoms with E-state index in [0.29, 0.717) is 5.56 Å². The second-order valence-electron chi connectivity index (χ2n) is 2.71. The van der Waals surface area contributed by atoms with E-state index in [1.54, 1.807) is 13.2 Å². The Bertz CT molecular complexity index is 329. The lowest BCUT2D eigenvalue weighted by molar-refractivity contribution is 0.411. The van der Waals surface area contributed by atoms with E-state index in [1.165, 1.54) is 0 Å². The lowest BCUT2D eigenvalue weighted by Gasteiger charge is -2.08. The number of nitrogens with zero attached hydrogens (tertiary/aromatic N) is 1. The molecule has 0 aliphatic rings. The van der Waals surface area contributed by atoms with Gasteiger partial charge in [-0.25, -0.2) is 0 Å². The molecule has 0 radical (unpaired) electrons. The Morgan fingerprint density at radius 1 is 1.54 bits per heavy atom. The molecule has 0 fully saturated rings. The zero-order valence-electron chi connectivity index (χ0n) is 7.60. The van der Waals surface area contributed by atoms with Gasteiger partial charge in [0.1, 0.15) is 5.75 Å². The van der Waals surface area contributed by atoms with Crippen LogP contribution in [0, 0.1) is 18.3 Å². The summed E-state index contributed by atoms with van der Waals surface area (Å²) in [6.45, 7) is 1.98. The summed E-state index contributed by atoms with van der Waals surface area (Å²) in [5.41, 5.74) is 2.81. The van der Waals surface area contributed by atoms with Crippen molar-refractivity contribution in [3.05, 3.63) is 28.8 Å². The maximum Gasteiger partial charge on any atom is 0.123 e. The van der Waals surface area contributed by atoms with Crippen molar-refractivity contribution >= 4 is 15.9 Å². The third-order valence-corrected chi connectivity index (χ3v) is 2.56. The lowest BCUT2D eigenvalue weighted by Crippen LogP contribution is -1.93. The molecule has 0 spiro atoms. The average molecular weight is 240 g/mol. The summed E-state index contributed by atoms with van der Waals surface area (Å²) < 4.78 is 5.16. The van der Waals surface area contributed by atoms with Gasteiger partial charge in [0, 0.05) is 5.33 Å². The number of benzene rings is 1. The van der Waals surface area contributed by atoms with E-state index < -0.39 is 0 Å². The molecule has 1 aromatic rings. The predicted molar refractivity (Wildman–Crippen MR) is 55.1 cm³/mol. The van der Waals surface area contributed by atoms with Gasteiger partial charge in [0.05, 0.1) is 18.7 Å². The Kier molecular flexibility index (Phi) is 3.32. The molecule has 0 aliphatic heterocycles. The van der Waals surface area contributed by atoms with E-state index in [-0.39, 0.29) is 0 Å². The van der Waals surface area contributed by atoms with Crippen molar-refractivity contribution in [3.8, 4) is 11.8 Å². The van der Waals surface area contributed by atoms with Crippen molar-refractivity contribution < 1.29 is 4.74 Å². The smallest absolute Gasteiger partial charge is 0.123 e. The first kappa shape index (κ1) is 10.1. The zero-order chi connectivity index (χ0) is 9.84. The molecule has 0 atom stereocenters. The summed E-state index contributed by atoms with van der Waals surface area (Å²) in [5.74, 6) is 0.772. The van der Waals surface area contributed by atoms with Crippen LogP contribution >= 0.6 is 15.9 Å². The van der Waals surface area contributed by atoms with Crippen molar-refractivity contribution in [2.75, 3.05) is 7.11 Å². The van der Waals surface area contributed by atoms with Gasteiger partial charge in [-0.05, 0) is 30.2 Å². The minimum absolute atomic E-state index is 0.636. The molecule has 1 aromatic carbocycles. The summed E-state index contributed by atoms with van der Waals surface area (Å²) >= 11 is 3.37. The lowest BCUT2D eigenvalue weighted by atomic mass is 10.1. The fraction of sp³-hybridized carbons (Fsp3) is 0.300. The van der Waals surface area contributed by atoms with Crippen molar-refractivity contribution in [2.45, 2.75) is 12.3 Å². The van der Waals surface area contributed by atoms with Gasteiger partial charge in [0.25, 0.3) is 0 Å². The first-order chi connectivity index (χ1) is 6.22. The molecule has 0 bridgehead atoms. The molecule has 0 heterocycles. The molecule has 0 saturated carbocycles. The quantitative estimate of drug-likeness (QED) is 0.744. The van der Waals surface area contributed by atoms with Crippen LogP contribution in [0.2, 0.25) is 0 Å². The van der Waals surface area contributed by atoms with Gasteiger partial charge in [0.2, 0.25) is 0 Å². The standard InChI is InChI=1S/C10H10BrNO/c1-7-9(5-11)3-8(6-12)4-10(7)13-2/h3-4H,5H2,1-2H3. The third kappa shape index (κ3) is 2.02. The van der Waals surface area contributed by atoms with E-state index in [1.807, 2.05) is 13.0 Å². The fourth-order valence-electron chi connectivity index (χ4n) is 1.16. The van der Waals surface area contributed by atoms with E-state index in [2.05, 4.69) is 22.0 Å². The molecule has 3 heteroatoms. The Labute approximate surface area is 86.3 Å². The molecule has 0 aliphatic carbocycles. The van der Waals surface area contributed by atoms with Gasteiger partial charge in [-0.3, -0.25) is 0 Å². The van der Waals surface area contributed by atoms with Crippen LogP contribution < -0.4 is 4.74 Å². The molecule has 13 heavy (non-hydrogen) atoms. The second kappa shape index (κ2) is 4.29. The maximum absolute atomic E-state index is 8.75. The zero-order valence-corrected chi connectivity index (χ0v) is 9.18. The van der Waals surface area contributed by atoms with Gasteiger partial charge < -0.3 is 4.74 Å². The summed E-state index contributed by atoms with van der Waals surface area (Å²) in [7, 11) is 1.61. The van der Waals surface area contributed by atoms with Crippen LogP contribution in [0.5, 0.6) is 5.75 Å². The highest BCUT2D eigenvalue weighted by Crippen LogP contribution is 2.24. The Morgan fingerprint density at radius 2 is 2.23 bits per heavy atom. The number of methoxy groups -OCH3 is 1. The molecular weight excluding hydrogens is 230 g/mol. The van der Waals surface area contributed by atoms with E-state index in [9.17, 15) is 0 Å². The van der Waals surface area contributed by atoms with Crippen molar-refractivity contribution in [2.24, 2.45) is 0 Å². The predicted octanol–water partition coefficient (Wildman–Crippen LogP) is 2.77. The number of rotatable bonds is 2. The number of hydrogen-bond donors (Lipinski definition) is 0. The maximum atomic E-state index is 8.75. The third-order valence-electron chi connectivity index (χ3n) is 1.96. The molecule has 2 nitrogen and oxygen atoms in total. The van der Waals surface area contributed by atoms with Gasteiger partial charge in [-0.2, -0.15) is 5.26 Å². The highest BCUT2D eigenvalue weighted by molar-refractivity contribution is 9.08. The van der Waals surface area contributed by atoms with Crippen LogP contribution in [0.15, 0.2) is 12.1 Å². The van der Waals surface area contributed by atoms with E-state index >= 15 is 0 Å². The molecular formula is C10H10BrNO. The first-order valence-electron chi connectivity index (χ1n) is 3.86. The summed E-state index contributed by atoms with van der Waals surface area (Å²) in [6, 6.07) is 5.72. The van der Waals surface area contributed by atoms with Gasteiger partial charge >= 0.3 is 0 Å². The average Bonchev–Trinajstić information content (AvgIpc) is 2.18. The van der Waals surface area contributed by atoms with Gasteiger partial charge in [-0.15, -0.1) is 0 Å². The minimum atomic E-state index is 0.636. The van der Waals surface area contributed by atoms with Crippen LogP contribution in [-0.2, 0) is 5.33 Å². The highest BCUT2D eigenvalue weighted by Gasteiger charge is 2.05. The fourth-order valence-corrected chi connectivity index (χ4v) is 1.74. The van der Waals surface area contributed by atoms with Crippen LogP contribution in [0.1, 0.15) is 16.7 Å². The summed E-state index contributed by atoms with van der Waals surface area (Å²) in [5, 5.41) is 9.49. The molecule has 0 amide bonds. The number of halogens is 1. The molecule has 0 N–H and O–H groups in total. The van der Waals surface area contributed by atoms with Crippen molar-refractivity contribution in [1.82, 2.24) is 0 Å². The number of hydrogen-bond acceptors (Lipinski definition) is 2. The molecule has 1 rings (SSSR count). The van der Waals surface area contributed by atoms with Crippen molar-refractivity contribution in [3.63, 3.8) is 0 Å². The van der Waals surface area contributed by atoms with Gasteiger partial charge in [0.15, 0.2) is 0 Å². The monoisotopic (exact) mass is 239 g/mol. The Balaban J connectivity index is 3.30. The number of alkyl halides is 1.